The van der Waals surface area contributed by atoms with Crippen molar-refractivity contribution in [1.29, 1.82) is 0 Å². The van der Waals surface area contributed by atoms with Crippen LogP contribution in [-0.4, -0.2) is 48.4 Å². The van der Waals surface area contributed by atoms with Crippen LogP contribution in [0.25, 0.3) is 0 Å². The van der Waals surface area contributed by atoms with Crippen LogP contribution in [0.2, 0.25) is 0 Å². The van der Waals surface area contributed by atoms with Gasteiger partial charge >= 0.3 is 18.6 Å². The Bertz CT molecular complexity index is 942. The first-order chi connectivity index (χ1) is 15.0. The highest BCUT2D eigenvalue weighted by atomic mass is 19.4. The number of carbonyl (C=O) groups is 1. The van der Waals surface area contributed by atoms with Crippen LogP contribution in [0.4, 0.5) is 36.8 Å². The number of amides is 1. The molecule has 0 aliphatic carbocycles. The van der Waals surface area contributed by atoms with E-state index >= 15 is 0 Å². The van der Waals surface area contributed by atoms with Gasteiger partial charge in [0.05, 0.1) is 5.69 Å². The lowest BCUT2D eigenvalue weighted by molar-refractivity contribution is -0.274. The molecule has 2 rings (SSSR count). The predicted molar refractivity (Wildman–Crippen MR) is 109 cm³/mol. The van der Waals surface area contributed by atoms with Crippen LogP contribution < -0.4 is 10.5 Å². The Morgan fingerprint density at radius 2 is 1.70 bits per heavy atom. The Kier molecular flexibility index (Phi) is 7.71. The molecular weight excluding hydrogens is 456 g/mol. The van der Waals surface area contributed by atoms with Gasteiger partial charge in [-0.1, -0.05) is 6.08 Å². The van der Waals surface area contributed by atoms with Gasteiger partial charge in [-0.3, -0.25) is 4.99 Å². The molecule has 0 saturated carbocycles. The number of alkyl halides is 6. The van der Waals surface area contributed by atoms with Crippen molar-refractivity contribution in [2.24, 2.45) is 10.7 Å². The monoisotopic (exact) mass is 479 g/mol. The highest BCUT2D eigenvalue weighted by molar-refractivity contribution is 5.88. The maximum Gasteiger partial charge on any atom is 0.573 e. The molecule has 1 aliphatic rings. The minimum Gasteiger partial charge on any atom is -0.444 e. The number of aliphatic imine (C=N–C) groups is 1. The fourth-order valence-corrected chi connectivity index (χ4v) is 2.76. The fraction of sp³-hybridized carbons (Fsp3) is 0.429. The highest BCUT2D eigenvalue weighted by Gasteiger charge is 2.35. The molecule has 0 aromatic heterocycles. The Balaban J connectivity index is 2.25. The van der Waals surface area contributed by atoms with E-state index in [4.69, 9.17) is 10.5 Å². The number of hydrogen-bond donors (Lipinski definition) is 1. The van der Waals surface area contributed by atoms with E-state index in [0.29, 0.717) is 0 Å². The summed E-state index contributed by atoms with van der Waals surface area (Å²) in [5.41, 5.74) is 3.16. The number of halogens is 6. The standard InChI is InChI=1S/C21H23F6N3O3/c1-19(2,3)33-18(31)30-10-8-13(9-11-30)16(17(28)20(22,23)24)12-29-14-4-6-15(7-5-14)32-21(25,26)27/h4-8,12H,9-11,28H2,1-3H3/b17-16+,29-12?. The largest absolute Gasteiger partial charge is 0.573 e. The van der Waals surface area contributed by atoms with Crippen molar-refractivity contribution in [3.05, 3.63) is 47.2 Å². The molecule has 0 bridgehead atoms. The van der Waals surface area contributed by atoms with Crippen LogP contribution in [-0.2, 0) is 4.74 Å². The number of ether oxygens (including phenoxy) is 2. The Hall–Kier alpha value is -3.18. The quantitative estimate of drug-likeness (QED) is 0.449. The summed E-state index contributed by atoms with van der Waals surface area (Å²) >= 11 is 0. The summed E-state index contributed by atoms with van der Waals surface area (Å²) in [6.07, 6.45) is -7.92. The highest BCUT2D eigenvalue weighted by Crippen LogP contribution is 2.30. The third-order valence-corrected chi connectivity index (χ3v) is 4.22. The summed E-state index contributed by atoms with van der Waals surface area (Å²) in [5, 5.41) is 0. The lowest BCUT2D eigenvalue weighted by atomic mass is 9.98. The van der Waals surface area contributed by atoms with Crippen LogP contribution in [0.3, 0.4) is 0 Å². The first kappa shape index (κ1) is 26.1. The molecule has 1 aliphatic heterocycles. The van der Waals surface area contributed by atoms with E-state index in [1.807, 2.05) is 0 Å². The molecule has 12 heteroatoms. The number of nitrogens with zero attached hydrogens (tertiary/aromatic N) is 2. The van der Waals surface area contributed by atoms with E-state index in [0.717, 1.165) is 30.5 Å². The third kappa shape index (κ3) is 8.35. The summed E-state index contributed by atoms with van der Waals surface area (Å²) in [6.45, 7) is 5.20. The number of carbonyl (C=O) groups excluding carboxylic acids is 1. The molecule has 0 radical (unpaired) electrons. The van der Waals surface area contributed by atoms with Crippen molar-refractivity contribution >= 4 is 18.0 Å². The topological polar surface area (TPSA) is 77.1 Å². The molecule has 2 N–H and O–H groups in total. The van der Waals surface area contributed by atoms with Gasteiger partial charge in [0, 0.05) is 24.9 Å². The second-order valence-corrected chi connectivity index (χ2v) is 8.03. The average Bonchev–Trinajstić information content (AvgIpc) is 2.66. The number of hydrogen-bond acceptors (Lipinski definition) is 5. The van der Waals surface area contributed by atoms with Gasteiger partial charge in [-0.25, -0.2) is 4.79 Å². The van der Waals surface area contributed by atoms with E-state index in [1.54, 1.807) is 20.8 Å². The zero-order valence-corrected chi connectivity index (χ0v) is 18.0. The molecule has 33 heavy (non-hydrogen) atoms. The maximum atomic E-state index is 13.3. The van der Waals surface area contributed by atoms with Gasteiger partial charge in [0.25, 0.3) is 0 Å². The summed E-state index contributed by atoms with van der Waals surface area (Å²) in [5.74, 6) is -0.496. The molecule has 0 fully saturated rings. The molecule has 0 unspecified atom stereocenters. The Morgan fingerprint density at radius 3 is 2.15 bits per heavy atom. The summed E-state index contributed by atoms with van der Waals surface area (Å²) in [4.78, 5) is 17.4. The van der Waals surface area contributed by atoms with Gasteiger partial charge < -0.3 is 20.1 Å². The van der Waals surface area contributed by atoms with Crippen molar-refractivity contribution in [1.82, 2.24) is 4.90 Å². The number of rotatable bonds is 4. The van der Waals surface area contributed by atoms with Gasteiger partial charge in [-0.05, 0) is 57.0 Å². The third-order valence-electron chi connectivity index (χ3n) is 4.22. The van der Waals surface area contributed by atoms with Crippen LogP contribution >= 0.6 is 0 Å². The fourth-order valence-electron chi connectivity index (χ4n) is 2.76. The van der Waals surface area contributed by atoms with Gasteiger partial charge in [0.15, 0.2) is 0 Å². The van der Waals surface area contributed by atoms with Gasteiger partial charge in [0.2, 0.25) is 0 Å². The molecule has 1 heterocycles. The van der Waals surface area contributed by atoms with E-state index in [9.17, 15) is 31.1 Å². The number of benzene rings is 1. The minimum absolute atomic E-state index is 0.0101. The van der Waals surface area contributed by atoms with Gasteiger partial charge in [-0.2, -0.15) is 13.2 Å². The normalized spacial score (nSPS) is 16.4. The zero-order valence-electron chi connectivity index (χ0n) is 18.0. The van der Waals surface area contributed by atoms with E-state index in [-0.39, 0.29) is 36.3 Å². The Morgan fingerprint density at radius 1 is 1.09 bits per heavy atom. The van der Waals surface area contributed by atoms with Crippen LogP contribution in [0, 0.1) is 0 Å². The maximum absolute atomic E-state index is 13.3. The lowest BCUT2D eigenvalue weighted by Gasteiger charge is -2.30. The molecule has 6 nitrogen and oxygen atoms in total. The van der Waals surface area contributed by atoms with E-state index in [2.05, 4.69) is 9.73 Å². The van der Waals surface area contributed by atoms with Crippen molar-refractivity contribution in [3.63, 3.8) is 0 Å². The summed E-state index contributed by atoms with van der Waals surface area (Å²) in [6, 6.07) is 4.27. The SMILES string of the molecule is CC(C)(C)OC(=O)N1CC=C(/C(C=Nc2ccc(OC(F)(F)F)cc2)=C(/N)C(F)(F)F)CC1. The summed E-state index contributed by atoms with van der Waals surface area (Å²) in [7, 11) is 0. The van der Waals surface area contributed by atoms with Crippen molar-refractivity contribution in [2.45, 2.75) is 45.3 Å². The van der Waals surface area contributed by atoms with E-state index < -0.39 is 35.7 Å². The van der Waals surface area contributed by atoms with Crippen molar-refractivity contribution in [2.75, 3.05) is 13.1 Å². The molecule has 1 aromatic carbocycles. The molecule has 1 amide bonds. The van der Waals surface area contributed by atoms with Gasteiger partial charge in [-0.15, -0.1) is 13.2 Å². The second-order valence-electron chi connectivity index (χ2n) is 8.03. The summed E-state index contributed by atoms with van der Waals surface area (Å²) < 4.78 is 85.6. The lowest BCUT2D eigenvalue weighted by Crippen LogP contribution is -2.39. The molecule has 0 atom stereocenters. The predicted octanol–water partition coefficient (Wildman–Crippen LogP) is 5.63. The molecule has 1 aromatic rings. The zero-order chi connectivity index (χ0) is 25.0. The van der Waals surface area contributed by atoms with E-state index in [1.165, 1.54) is 11.0 Å². The minimum atomic E-state index is -4.87. The van der Waals surface area contributed by atoms with Crippen molar-refractivity contribution in [3.8, 4) is 5.75 Å². The number of nitrogens with two attached hydrogens (primary N) is 1. The Labute approximate surface area is 186 Å². The smallest absolute Gasteiger partial charge is 0.444 e. The number of allylic oxidation sites excluding steroid dienone is 2. The van der Waals surface area contributed by atoms with Crippen LogP contribution in [0.1, 0.15) is 27.2 Å². The van der Waals surface area contributed by atoms with Crippen LogP contribution in [0.15, 0.2) is 52.2 Å². The van der Waals surface area contributed by atoms with Crippen molar-refractivity contribution < 1.29 is 40.6 Å². The molecule has 182 valence electrons. The first-order valence-electron chi connectivity index (χ1n) is 9.69. The molecule has 0 saturated heterocycles. The van der Waals surface area contributed by atoms with Crippen LogP contribution in [0.5, 0.6) is 5.75 Å². The second kappa shape index (κ2) is 9.75. The van der Waals surface area contributed by atoms with Gasteiger partial charge in [0.1, 0.15) is 17.0 Å². The average molecular weight is 479 g/mol. The molecular formula is C21H23F6N3O3. The first-order valence-corrected chi connectivity index (χ1v) is 9.69. The molecule has 0 spiro atoms.